The molecular weight excluding hydrogens is 268 g/mol. The summed E-state index contributed by atoms with van der Waals surface area (Å²) < 4.78 is 5.08. The molecule has 0 bridgehead atoms. The predicted octanol–water partition coefficient (Wildman–Crippen LogP) is 2.44. The van der Waals surface area contributed by atoms with Gasteiger partial charge in [0.15, 0.2) is 5.76 Å². The maximum atomic E-state index is 12.7. The van der Waals surface area contributed by atoms with E-state index in [1.807, 2.05) is 18.7 Å². The average Bonchev–Trinajstić information content (AvgIpc) is 2.86. The smallest absolute Gasteiger partial charge is 0.287 e. The number of nitrogens with one attached hydrogen (secondary N) is 1. The van der Waals surface area contributed by atoms with Gasteiger partial charge >= 0.3 is 0 Å². The van der Waals surface area contributed by atoms with Crippen molar-refractivity contribution in [3.05, 3.63) is 24.2 Å². The van der Waals surface area contributed by atoms with Crippen molar-refractivity contribution >= 4 is 11.8 Å². The zero-order valence-corrected chi connectivity index (χ0v) is 12.8. The molecule has 1 saturated heterocycles. The van der Waals surface area contributed by atoms with Crippen molar-refractivity contribution in [2.75, 3.05) is 13.1 Å². The van der Waals surface area contributed by atoms with E-state index < -0.39 is 6.04 Å². The predicted molar refractivity (Wildman–Crippen MR) is 79.8 cm³/mol. The van der Waals surface area contributed by atoms with Crippen LogP contribution in [0.4, 0.5) is 0 Å². The van der Waals surface area contributed by atoms with Crippen molar-refractivity contribution in [1.29, 1.82) is 0 Å². The molecule has 0 spiro atoms. The number of likely N-dealkylation sites (tertiary alicyclic amines) is 1. The summed E-state index contributed by atoms with van der Waals surface area (Å²) in [4.78, 5) is 26.7. The number of hydrogen-bond donors (Lipinski definition) is 1. The van der Waals surface area contributed by atoms with Gasteiger partial charge in [0.25, 0.3) is 5.91 Å². The van der Waals surface area contributed by atoms with Crippen LogP contribution >= 0.6 is 0 Å². The lowest BCUT2D eigenvalue weighted by Gasteiger charge is -2.28. The quantitative estimate of drug-likeness (QED) is 0.927. The average molecular weight is 292 g/mol. The molecule has 2 amide bonds. The minimum Gasteiger partial charge on any atom is -0.459 e. The first-order valence-corrected chi connectivity index (χ1v) is 7.72. The highest BCUT2D eigenvalue weighted by molar-refractivity contribution is 5.95. The molecule has 5 heteroatoms. The van der Waals surface area contributed by atoms with E-state index in [0.717, 1.165) is 25.9 Å². The number of carbonyl (C=O) groups excluding carboxylic acids is 2. The Bertz CT molecular complexity index is 460. The van der Waals surface area contributed by atoms with Gasteiger partial charge in [-0.2, -0.15) is 0 Å². The summed E-state index contributed by atoms with van der Waals surface area (Å²) in [5.41, 5.74) is 0. The number of furan rings is 1. The fourth-order valence-electron chi connectivity index (χ4n) is 2.62. The molecule has 0 saturated carbocycles. The number of hydrogen-bond acceptors (Lipinski definition) is 3. The SMILES string of the molecule is CC(C)[C@@H](NC(=O)c1ccco1)C(=O)N1CCCCCC1. The van der Waals surface area contributed by atoms with Crippen LogP contribution in [0.25, 0.3) is 0 Å². The van der Waals surface area contributed by atoms with Crippen LogP contribution in [0.2, 0.25) is 0 Å². The third-order valence-corrected chi connectivity index (χ3v) is 3.88. The van der Waals surface area contributed by atoms with Crippen LogP contribution in [-0.2, 0) is 4.79 Å². The molecule has 0 radical (unpaired) electrons. The molecule has 0 aromatic carbocycles. The Morgan fingerprint density at radius 1 is 1.19 bits per heavy atom. The number of amides is 2. The van der Waals surface area contributed by atoms with Gasteiger partial charge in [-0.3, -0.25) is 9.59 Å². The van der Waals surface area contributed by atoms with Gasteiger partial charge in [-0.05, 0) is 30.9 Å². The van der Waals surface area contributed by atoms with Crippen LogP contribution in [0.5, 0.6) is 0 Å². The van der Waals surface area contributed by atoms with Crippen molar-refractivity contribution in [1.82, 2.24) is 10.2 Å². The molecule has 2 rings (SSSR count). The molecule has 2 heterocycles. The monoisotopic (exact) mass is 292 g/mol. The van der Waals surface area contributed by atoms with Crippen LogP contribution in [0.1, 0.15) is 50.1 Å². The zero-order chi connectivity index (χ0) is 15.2. The second kappa shape index (κ2) is 7.29. The molecule has 0 unspecified atom stereocenters. The first-order chi connectivity index (χ1) is 10.1. The molecule has 1 aliphatic rings. The molecule has 1 aromatic rings. The standard InChI is InChI=1S/C16H24N2O3/c1-12(2)14(17-15(19)13-8-7-11-21-13)16(20)18-9-5-3-4-6-10-18/h7-8,11-12,14H,3-6,9-10H2,1-2H3,(H,17,19)/t14-/m1/s1. The van der Waals surface area contributed by atoms with E-state index in [1.165, 1.54) is 19.1 Å². The maximum absolute atomic E-state index is 12.7. The Kier molecular flexibility index (Phi) is 5.42. The zero-order valence-electron chi connectivity index (χ0n) is 12.8. The van der Waals surface area contributed by atoms with Crippen LogP contribution < -0.4 is 5.32 Å². The summed E-state index contributed by atoms with van der Waals surface area (Å²) in [5, 5.41) is 2.81. The minimum absolute atomic E-state index is 0.0202. The van der Waals surface area contributed by atoms with E-state index in [2.05, 4.69) is 5.32 Å². The highest BCUT2D eigenvalue weighted by atomic mass is 16.3. The lowest BCUT2D eigenvalue weighted by atomic mass is 10.0. The van der Waals surface area contributed by atoms with Crippen LogP contribution in [0.15, 0.2) is 22.8 Å². The number of carbonyl (C=O) groups is 2. The molecule has 116 valence electrons. The third-order valence-electron chi connectivity index (χ3n) is 3.88. The summed E-state index contributed by atoms with van der Waals surface area (Å²) in [6.45, 7) is 5.48. The molecular formula is C16H24N2O3. The Morgan fingerprint density at radius 2 is 1.86 bits per heavy atom. The second-order valence-electron chi connectivity index (χ2n) is 5.91. The largest absolute Gasteiger partial charge is 0.459 e. The summed E-state index contributed by atoms with van der Waals surface area (Å²) in [7, 11) is 0. The Balaban J connectivity index is 2.03. The Hall–Kier alpha value is -1.78. The maximum Gasteiger partial charge on any atom is 0.287 e. The van der Waals surface area contributed by atoms with Crippen LogP contribution in [0, 0.1) is 5.92 Å². The van der Waals surface area contributed by atoms with Crippen molar-refractivity contribution in [2.45, 2.75) is 45.6 Å². The lowest BCUT2D eigenvalue weighted by molar-refractivity contribution is -0.134. The second-order valence-corrected chi connectivity index (χ2v) is 5.91. The van der Waals surface area contributed by atoms with E-state index in [9.17, 15) is 9.59 Å². The van der Waals surface area contributed by atoms with E-state index >= 15 is 0 Å². The van der Waals surface area contributed by atoms with E-state index in [4.69, 9.17) is 4.42 Å². The Labute approximate surface area is 125 Å². The molecule has 1 aromatic heterocycles. The molecule has 1 fully saturated rings. The van der Waals surface area contributed by atoms with Crippen molar-refractivity contribution in [3.63, 3.8) is 0 Å². The van der Waals surface area contributed by atoms with Crippen molar-refractivity contribution < 1.29 is 14.0 Å². The first kappa shape index (κ1) is 15.6. The van der Waals surface area contributed by atoms with E-state index in [1.54, 1.807) is 12.1 Å². The van der Waals surface area contributed by atoms with Gasteiger partial charge in [0.2, 0.25) is 5.91 Å². The lowest BCUT2D eigenvalue weighted by Crippen LogP contribution is -2.51. The summed E-state index contributed by atoms with van der Waals surface area (Å²) >= 11 is 0. The van der Waals surface area contributed by atoms with E-state index in [0.29, 0.717) is 0 Å². The van der Waals surface area contributed by atoms with Gasteiger partial charge in [-0.25, -0.2) is 0 Å². The highest BCUT2D eigenvalue weighted by Gasteiger charge is 2.29. The van der Waals surface area contributed by atoms with Gasteiger partial charge in [0.1, 0.15) is 6.04 Å². The van der Waals surface area contributed by atoms with Crippen LogP contribution in [0.3, 0.4) is 0 Å². The molecule has 5 nitrogen and oxygen atoms in total. The van der Waals surface area contributed by atoms with Gasteiger partial charge in [0.05, 0.1) is 6.26 Å². The molecule has 1 atom stereocenters. The fraction of sp³-hybridized carbons (Fsp3) is 0.625. The van der Waals surface area contributed by atoms with Gasteiger partial charge in [-0.15, -0.1) is 0 Å². The minimum atomic E-state index is -0.499. The number of rotatable bonds is 4. The van der Waals surface area contributed by atoms with Crippen molar-refractivity contribution in [3.8, 4) is 0 Å². The summed E-state index contributed by atoms with van der Waals surface area (Å²) in [6.07, 6.45) is 5.89. The summed E-state index contributed by atoms with van der Waals surface area (Å²) in [6, 6.07) is 2.76. The fourth-order valence-corrected chi connectivity index (χ4v) is 2.62. The molecule has 1 N–H and O–H groups in total. The molecule has 0 aliphatic carbocycles. The molecule has 21 heavy (non-hydrogen) atoms. The Morgan fingerprint density at radius 3 is 2.38 bits per heavy atom. The van der Waals surface area contributed by atoms with E-state index in [-0.39, 0.29) is 23.5 Å². The van der Waals surface area contributed by atoms with Gasteiger partial charge in [0, 0.05) is 13.1 Å². The normalized spacial score (nSPS) is 17.4. The topological polar surface area (TPSA) is 62.6 Å². The number of nitrogens with zero attached hydrogens (tertiary/aromatic N) is 1. The van der Waals surface area contributed by atoms with Crippen molar-refractivity contribution in [2.24, 2.45) is 5.92 Å². The summed E-state index contributed by atoms with van der Waals surface area (Å²) in [5.74, 6) is -0.0299. The third kappa shape index (κ3) is 4.09. The first-order valence-electron chi connectivity index (χ1n) is 7.72. The van der Waals surface area contributed by atoms with Gasteiger partial charge < -0.3 is 14.6 Å². The van der Waals surface area contributed by atoms with Gasteiger partial charge in [-0.1, -0.05) is 26.7 Å². The van der Waals surface area contributed by atoms with Crippen LogP contribution in [-0.4, -0.2) is 35.8 Å². The highest BCUT2D eigenvalue weighted by Crippen LogP contribution is 2.14. The molecule has 1 aliphatic heterocycles.